The quantitative estimate of drug-likeness (QED) is 0.509. The molecule has 2 atom stereocenters. The minimum atomic E-state index is -0.630. The number of rotatable bonds is 8. The highest BCUT2D eigenvalue weighted by Gasteiger charge is 2.33. The third-order valence-corrected chi connectivity index (χ3v) is 3.66. The van der Waals surface area contributed by atoms with Crippen LogP contribution in [0.1, 0.15) is 26.3 Å². The molecule has 2 N–H and O–H groups in total. The Kier molecular flexibility index (Phi) is 7.77. The second-order valence-electron chi connectivity index (χ2n) is 7.23. The van der Waals surface area contributed by atoms with Crippen LogP contribution in [-0.4, -0.2) is 56.1 Å². The summed E-state index contributed by atoms with van der Waals surface area (Å²) in [5, 5.41) is 5.17. The maximum absolute atomic E-state index is 12.0. The Bertz CT molecular complexity index is 687. The first-order valence-corrected chi connectivity index (χ1v) is 8.91. The molecule has 1 saturated heterocycles. The summed E-state index contributed by atoms with van der Waals surface area (Å²) >= 11 is 0. The number of carbonyl (C=O) groups excluding carboxylic acids is 3. The highest BCUT2D eigenvalue weighted by Crippen LogP contribution is 2.15. The van der Waals surface area contributed by atoms with Crippen LogP contribution in [0.3, 0.4) is 0 Å². The maximum Gasteiger partial charge on any atom is 0.407 e. The number of ether oxygens (including phenoxy) is 4. The third-order valence-electron chi connectivity index (χ3n) is 3.66. The van der Waals surface area contributed by atoms with Gasteiger partial charge in [0.25, 0.3) is 0 Å². The molecule has 1 fully saturated rings. The Balaban J connectivity index is 1.76. The molecule has 9 heteroatoms. The summed E-state index contributed by atoms with van der Waals surface area (Å²) in [6.45, 7) is 5.69. The van der Waals surface area contributed by atoms with Crippen molar-refractivity contribution in [1.29, 1.82) is 0 Å². The number of hydrogen-bond donors (Lipinski definition) is 2. The molecule has 0 spiro atoms. The summed E-state index contributed by atoms with van der Waals surface area (Å²) in [6, 6.07) is 7.04. The molecule has 0 bridgehead atoms. The van der Waals surface area contributed by atoms with Crippen LogP contribution in [0.5, 0.6) is 0 Å². The summed E-state index contributed by atoms with van der Waals surface area (Å²) < 4.78 is 21.3. The van der Waals surface area contributed by atoms with E-state index in [-0.39, 0.29) is 26.4 Å². The van der Waals surface area contributed by atoms with Crippen molar-refractivity contribution in [2.24, 2.45) is 0 Å². The first kappa shape index (κ1) is 21.6. The van der Waals surface area contributed by atoms with Gasteiger partial charge in [0.2, 0.25) is 6.41 Å². The van der Waals surface area contributed by atoms with E-state index in [0.29, 0.717) is 12.1 Å². The molecule has 1 aromatic rings. The first-order chi connectivity index (χ1) is 13.3. The van der Waals surface area contributed by atoms with E-state index >= 15 is 0 Å². The molecule has 1 heterocycles. The fourth-order valence-electron chi connectivity index (χ4n) is 2.52. The van der Waals surface area contributed by atoms with Gasteiger partial charge in [-0.05, 0) is 38.5 Å². The molecule has 2 unspecified atom stereocenters. The summed E-state index contributed by atoms with van der Waals surface area (Å²) in [4.78, 5) is 34.3. The van der Waals surface area contributed by atoms with Crippen molar-refractivity contribution in [2.75, 3.05) is 25.1 Å². The topological polar surface area (TPSA) is 112 Å². The number of benzene rings is 1. The summed E-state index contributed by atoms with van der Waals surface area (Å²) in [7, 11) is 0. The van der Waals surface area contributed by atoms with Gasteiger partial charge in [-0.2, -0.15) is 0 Å². The molecule has 9 nitrogen and oxygen atoms in total. The molecule has 2 amide bonds. The normalized spacial score (nSPS) is 19.0. The van der Waals surface area contributed by atoms with Gasteiger partial charge in [-0.3, -0.25) is 4.79 Å². The molecule has 0 aliphatic carbocycles. The molecule has 1 aliphatic rings. The standard InChI is InChI=1S/C19H26N2O7/c1-19(2,3)28-17(23)11-26-15-9-25-10-16(15)27-18(24)20-8-13-5-4-6-14(7-13)21-12-22/h4-7,12,15-16H,8-11H2,1-3H3,(H,20,24)(H,21,22). The number of carbonyl (C=O) groups is 3. The summed E-state index contributed by atoms with van der Waals surface area (Å²) in [5.41, 5.74) is 0.827. The fraction of sp³-hybridized carbons (Fsp3) is 0.526. The molecule has 28 heavy (non-hydrogen) atoms. The van der Waals surface area contributed by atoms with E-state index in [4.69, 9.17) is 18.9 Å². The number of nitrogens with one attached hydrogen (secondary N) is 2. The number of amides is 2. The van der Waals surface area contributed by atoms with E-state index in [9.17, 15) is 14.4 Å². The van der Waals surface area contributed by atoms with E-state index in [1.807, 2.05) is 6.07 Å². The predicted octanol–water partition coefficient (Wildman–Crippen LogP) is 1.61. The highest BCUT2D eigenvalue weighted by molar-refractivity contribution is 5.72. The smallest absolute Gasteiger partial charge is 0.407 e. The zero-order valence-corrected chi connectivity index (χ0v) is 16.2. The lowest BCUT2D eigenvalue weighted by atomic mass is 10.2. The van der Waals surface area contributed by atoms with Crippen LogP contribution in [0.2, 0.25) is 0 Å². The predicted molar refractivity (Wildman–Crippen MR) is 99.6 cm³/mol. The van der Waals surface area contributed by atoms with E-state index in [0.717, 1.165) is 5.56 Å². The Morgan fingerprint density at radius 3 is 2.71 bits per heavy atom. The first-order valence-electron chi connectivity index (χ1n) is 8.91. The molecule has 0 aromatic heterocycles. The lowest BCUT2D eigenvalue weighted by Crippen LogP contribution is -2.37. The second-order valence-corrected chi connectivity index (χ2v) is 7.23. The van der Waals surface area contributed by atoms with Crippen LogP contribution in [-0.2, 0) is 35.1 Å². The number of alkyl carbamates (subject to hydrolysis) is 1. The van der Waals surface area contributed by atoms with E-state index in [1.165, 1.54) is 0 Å². The van der Waals surface area contributed by atoms with Crippen molar-refractivity contribution in [3.05, 3.63) is 29.8 Å². The minimum Gasteiger partial charge on any atom is -0.458 e. The minimum absolute atomic E-state index is 0.186. The molecule has 1 aliphatic heterocycles. The molecule has 0 saturated carbocycles. The van der Waals surface area contributed by atoms with Crippen molar-refractivity contribution in [3.8, 4) is 0 Å². The lowest BCUT2D eigenvalue weighted by molar-refractivity contribution is -0.163. The van der Waals surface area contributed by atoms with Gasteiger partial charge >= 0.3 is 12.1 Å². The zero-order valence-electron chi connectivity index (χ0n) is 16.2. The maximum atomic E-state index is 12.0. The molecule has 1 aromatic carbocycles. The number of anilines is 1. The lowest BCUT2D eigenvalue weighted by Gasteiger charge is -2.22. The summed E-state index contributed by atoms with van der Waals surface area (Å²) in [5.74, 6) is -0.494. The average Bonchev–Trinajstić information content (AvgIpc) is 3.04. The Morgan fingerprint density at radius 1 is 1.25 bits per heavy atom. The van der Waals surface area contributed by atoms with Crippen LogP contribution in [0, 0.1) is 0 Å². The van der Waals surface area contributed by atoms with Gasteiger partial charge in [-0.25, -0.2) is 9.59 Å². The van der Waals surface area contributed by atoms with Crippen molar-refractivity contribution in [1.82, 2.24) is 5.32 Å². The van der Waals surface area contributed by atoms with Crippen LogP contribution >= 0.6 is 0 Å². The van der Waals surface area contributed by atoms with Crippen LogP contribution in [0.4, 0.5) is 10.5 Å². The van der Waals surface area contributed by atoms with Crippen molar-refractivity contribution < 1.29 is 33.3 Å². The third kappa shape index (κ3) is 7.53. The van der Waals surface area contributed by atoms with Gasteiger partial charge in [-0.15, -0.1) is 0 Å². The number of esters is 1. The monoisotopic (exact) mass is 394 g/mol. The van der Waals surface area contributed by atoms with E-state index < -0.39 is 29.9 Å². The van der Waals surface area contributed by atoms with Crippen molar-refractivity contribution >= 4 is 24.2 Å². The van der Waals surface area contributed by atoms with Gasteiger partial charge < -0.3 is 29.6 Å². The van der Waals surface area contributed by atoms with Crippen LogP contribution in [0.15, 0.2) is 24.3 Å². The van der Waals surface area contributed by atoms with Gasteiger partial charge in [0.1, 0.15) is 18.3 Å². The zero-order chi connectivity index (χ0) is 20.6. The van der Waals surface area contributed by atoms with Crippen LogP contribution in [0.25, 0.3) is 0 Å². The van der Waals surface area contributed by atoms with E-state index in [2.05, 4.69) is 10.6 Å². The second kappa shape index (κ2) is 10.0. The van der Waals surface area contributed by atoms with E-state index in [1.54, 1.807) is 39.0 Å². The Morgan fingerprint density at radius 2 is 2.00 bits per heavy atom. The van der Waals surface area contributed by atoms with Crippen molar-refractivity contribution in [3.63, 3.8) is 0 Å². The largest absolute Gasteiger partial charge is 0.458 e. The van der Waals surface area contributed by atoms with Gasteiger partial charge in [-0.1, -0.05) is 12.1 Å². The van der Waals surface area contributed by atoms with Crippen LogP contribution < -0.4 is 10.6 Å². The fourth-order valence-corrected chi connectivity index (χ4v) is 2.52. The van der Waals surface area contributed by atoms with Gasteiger partial charge in [0.15, 0.2) is 6.10 Å². The Labute approximate surface area is 163 Å². The number of hydrogen-bond acceptors (Lipinski definition) is 7. The SMILES string of the molecule is CC(C)(C)OC(=O)COC1COCC1OC(=O)NCc1cccc(NC=O)c1. The summed E-state index contributed by atoms with van der Waals surface area (Å²) in [6.07, 6.45) is -1.21. The molecular formula is C19H26N2O7. The molecule has 0 radical (unpaired) electrons. The average molecular weight is 394 g/mol. The Hall–Kier alpha value is -2.65. The van der Waals surface area contributed by atoms with Gasteiger partial charge in [0.05, 0.1) is 13.2 Å². The van der Waals surface area contributed by atoms with Crippen molar-refractivity contribution in [2.45, 2.75) is 45.1 Å². The molecule has 154 valence electrons. The van der Waals surface area contributed by atoms with Gasteiger partial charge in [0, 0.05) is 12.2 Å². The highest BCUT2D eigenvalue weighted by atomic mass is 16.6. The molecule has 2 rings (SSSR count). The molecular weight excluding hydrogens is 368 g/mol.